The summed E-state index contributed by atoms with van der Waals surface area (Å²) in [4.78, 5) is 12.3. The molecule has 1 amide bonds. The van der Waals surface area contributed by atoms with Gasteiger partial charge in [-0.15, -0.1) is 0 Å². The second kappa shape index (κ2) is 6.10. The van der Waals surface area contributed by atoms with Gasteiger partial charge < -0.3 is 5.32 Å². The van der Waals surface area contributed by atoms with Crippen LogP contribution in [-0.2, 0) is 16.3 Å². The molecule has 0 atom stereocenters. The van der Waals surface area contributed by atoms with Gasteiger partial charge in [-0.1, -0.05) is 25.1 Å². The van der Waals surface area contributed by atoms with E-state index < -0.39 is 9.84 Å². The number of aryl methyl sites for hydroxylation is 1. The van der Waals surface area contributed by atoms with Crippen LogP contribution in [0.25, 0.3) is 0 Å². The fourth-order valence-electron chi connectivity index (χ4n) is 1.90. The Morgan fingerprint density at radius 2 is 1.76 bits per heavy atom. The van der Waals surface area contributed by atoms with Crippen LogP contribution in [0.2, 0.25) is 0 Å². The molecule has 110 valence electrons. The molecule has 0 aliphatic carbocycles. The molecule has 0 saturated carbocycles. The third-order valence-electron chi connectivity index (χ3n) is 3.14. The lowest BCUT2D eigenvalue weighted by molar-refractivity contribution is 0.102. The maximum absolute atomic E-state index is 12.1. The van der Waals surface area contributed by atoms with Crippen LogP contribution in [0.4, 0.5) is 5.69 Å². The van der Waals surface area contributed by atoms with E-state index in [0.717, 1.165) is 12.7 Å². The highest BCUT2D eigenvalue weighted by Gasteiger charge is 2.11. The Balaban J connectivity index is 2.20. The number of hydrogen-bond acceptors (Lipinski definition) is 3. The number of benzene rings is 2. The van der Waals surface area contributed by atoms with Crippen LogP contribution in [0, 0.1) is 0 Å². The summed E-state index contributed by atoms with van der Waals surface area (Å²) in [6.07, 6.45) is 2.05. The fraction of sp³-hybridized carbons (Fsp3) is 0.188. The summed E-state index contributed by atoms with van der Waals surface area (Å²) >= 11 is 0. The first-order valence-corrected chi connectivity index (χ1v) is 8.49. The highest BCUT2D eigenvalue weighted by molar-refractivity contribution is 7.90. The molecule has 0 bridgehead atoms. The molecule has 0 heterocycles. The Morgan fingerprint density at radius 3 is 2.33 bits per heavy atom. The van der Waals surface area contributed by atoms with Crippen molar-refractivity contribution in [3.05, 3.63) is 59.7 Å². The van der Waals surface area contributed by atoms with Crippen LogP contribution in [-0.4, -0.2) is 20.6 Å². The molecule has 0 spiro atoms. The molecule has 4 nitrogen and oxygen atoms in total. The molecule has 0 saturated heterocycles. The van der Waals surface area contributed by atoms with E-state index >= 15 is 0 Å². The predicted molar refractivity (Wildman–Crippen MR) is 83.3 cm³/mol. The number of sulfone groups is 1. The Hall–Kier alpha value is -2.14. The predicted octanol–water partition coefficient (Wildman–Crippen LogP) is 2.90. The first-order chi connectivity index (χ1) is 9.90. The van der Waals surface area contributed by atoms with Crippen LogP contribution in [0.15, 0.2) is 53.4 Å². The zero-order valence-corrected chi connectivity index (χ0v) is 12.8. The van der Waals surface area contributed by atoms with Gasteiger partial charge in [0.2, 0.25) is 0 Å². The van der Waals surface area contributed by atoms with Crippen molar-refractivity contribution >= 4 is 21.4 Å². The molecule has 0 unspecified atom stereocenters. The van der Waals surface area contributed by atoms with Gasteiger partial charge in [-0.2, -0.15) is 0 Å². The van der Waals surface area contributed by atoms with E-state index in [9.17, 15) is 13.2 Å². The molecule has 0 aliphatic heterocycles. The van der Waals surface area contributed by atoms with Gasteiger partial charge >= 0.3 is 0 Å². The molecule has 0 radical (unpaired) electrons. The SMILES string of the molecule is CCc1ccc(NC(=O)c2cccc(S(C)(=O)=O)c2)cc1. The minimum atomic E-state index is -3.32. The van der Waals surface area contributed by atoms with Crippen molar-refractivity contribution in [1.29, 1.82) is 0 Å². The molecule has 0 fully saturated rings. The van der Waals surface area contributed by atoms with Crippen LogP contribution >= 0.6 is 0 Å². The van der Waals surface area contributed by atoms with Crippen molar-refractivity contribution in [2.24, 2.45) is 0 Å². The molecule has 1 N–H and O–H groups in total. The lowest BCUT2D eigenvalue weighted by Gasteiger charge is -2.07. The molecule has 5 heteroatoms. The Kier molecular flexibility index (Phi) is 4.43. The zero-order valence-electron chi connectivity index (χ0n) is 12.0. The van der Waals surface area contributed by atoms with Crippen LogP contribution in [0.3, 0.4) is 0 Å². The normalized spacial score (nSPS) is 11.1. The number of hydrogen-bond donors (Lipinski definition) is 1. The molecule has 2 aromatic carbocycles. The topological polar surface area (TPSA) is 63.2 Å². The molecule has 0 aromatic heterocycles. The zero-order chi connectivity index (χ0) is 15.5. The standard InChI is InChI=1S/C16H17NO3S/c1-3-12-7-9-14(10-8-12)17-16(18)13-5-4-6-15(11-13)21(2,19)20/h4-11H,3H2,1-2H3,(H,17,18). The highest BCUT2D eigenvalue weighted by atomic mass is 32.2. The average molecular weight is 303 g/mol. The van der Waals surface area contributed by atoms with Gasteiger partial charge in [0.1, 0.15) is 0 Å². The summed E-state index contributed by atoms with van der Waals surface area (Å²) in [5.41, 5.74) is 2.19. The first kappa shape index (κ1) is 15.3. The van der Waals surface area contributed by atoms with E-state index in [1.54, 1.807) is 12.1 Å². The number of carbonyl (C=O) groups excluding carboxylic acids is 1. The van der Waals surface area contributed by atoms with Crippen molar-refractivity contribution < 1.29 is 13.2 Å². The first-order valence-electron chi connectivity index (χ1n) is 6.60. The summed E-state index contributed by atoms with van der Waals surface area (Å²) < 4.78 is 23.0. The summed E-state index contributed by atoms with van der Waals surface area (Å²) in [6, 6.07) is 13.6. The van der Waals surface area contributed by atoms with Crippen LogP contribution in [0.1, 0.15) is 22.8 Å². The monoisotopic (exact) mass is 303 g/mol. The van der Waals surface area contributed by atoms with Gasteiger partial charge in [-0.25, -0.2) is 8.42 Å². The molecule has 2 rings (SSSR count). The minimum absolute atomic E-state index is 0.136. The van der Waals surface area contributed by atoms with Crippen molar-refractivity contribution in [3.8, 4) is 0 Å². The Labute approximate surface area is 124 Å². The van der Waals surface area contributed by atoms with Crippen molar-refractivity contribution in [2.45, 2.75) is 18.2 Å². The third kappa shape index (κ3) is 3.92. The average Bonchev–Trinajstić information content (AvgIpc) is 2.47. The second-order valence-electron chi connectivity index (χ2n) is 4.80. The summed E-state index contributed by atoms with van der Waals surface area (Å²) in [7, 11) is -3.32. The molecule has 21 heavy (non-hydrogen) atoms. The van der Waals surface area contributed by atoms with Crippen LogP contribution < -0.4 is 5.32 Å². The molecular formula is C16H17NO3S. The van der Waals surface area contributed by atoms with E-state index in [0.29, 0.717) is 11.3 Å². The van der Waals surface area contributed by atoms with Gasteiger partial charge in [-0.05, 0) is 42.3 Å². The van der Waals surface area contributed by atoms with E-state index in [1.165, 1.54) is 17.7 Å². The number of rotatable bonds is 4. The van der Waals surface area contributed by atoms with Crippen LogP contribution in [0.5, 0.6) is 0 Å². The third-order valence-corrected chi connectivity index (χ3v) is 4.25. The summed E-state index contributed by atoms with van der Waals surface area (Å²) in [5, 5.41) is 2.75. The van der Waals surface area contributed by atoms with E-state index in [1.807, 2.05) is 24.3 Å². The maximum Gasteiger partial charge on any atom is 0.255 e. The van der Waals surface area contributed by atoms with Gasteiger partial charge in [0.05, 0.1) is 4.90 Å². The number of nitrogens with one attached hydrogen (secondary N) is 1. The van der Waals surface area contributed by atoms with Gasteiger partial charge in [0.15, 0.2) is 9.84 Å². The number of anilines is 1. The lowest BCUT2D eigenvalue weighted by Crippen LogP contribution is -2.12. The fourth-order valence-corrected chi connectivity index (χ4v) is 2.56. The maximum atomic E-state index is 12.1. The summed E-state index contributed by atoms with van der Waals surface area (Å²) in [5.74, 6) is -0.329. The second-order valence-corrected chi connectivity index (χ2v) is 6.82. The van der Waals surface area contributed by atoms with Gasteiger partial charge in [0.25, 0.3) is 5.91 Å². The van der Waals surface area contributed by atoms with Gasteiger partial charge in [-0.3, -0.25) is 4.79 Å². The lowest BCUT2D eigenvalue weighted by atomic mass is 10.1. The smallest absolute Gasteiger partial charge is 0.255 e. The highest BCUT2D eigenvalue weighted by Crippen LogP contribution is 2.15. The molecular weight excluding hydrogens is 286 g/mol. The minimum Gasteiger partial charge on any atom is -0.322 e. The molecule has 2 aromatic rings. The van der Waals surface area contributed by atoms with Crippen molar-refractivity contribution in [2.75, 3.05) is 11.6 Å². The summed E-state index contributed by atoms with van der Waals surface area (Å²) in [6.45, 7) is 2.06. The van der Waals surface area contributed by atoms with E-state index in [4.69, 9.17) is 0 Å². The Morgan fingerprint density at radius 1 is 1.10 bits per heavy atom. The van der Waals surface area contributed by atoms with Crippen molar-refractivity contribution in [1.82, 2.24) is 0 Å². The quantitative estimate of drug-likeness (QED) is 0.944. The number of carbonyl (C=O) groups is 1. The number of amides is 1. The van der Waals surface area contributed by atoms with E-state index in [-0.39, 0.29) is 10.8 Å². The largest absolute Gasteiger partial charge is 0.322 e. The Bertz CT molecular complexity index is 749. The van der Waals surface area contributed by atoms with Crippen molar-refractivity contribution in [3.63, 3.8) is 0 Å². The van der Waals surface area contributed by atoms with E-state index in [2.05, 4.69) is 12.2 Å². The molecule has 0 aliphatic rings. The van der Waals surface area contributed by atoms with Gasteiger partial charge in [0, 0.05) is 17.5 Å².